The van der Waals surface area contributed by atoms with Crippen LogP contribution in [0.25, 0.3) is 0 Å². The smallest absolute Gasteiger partial charge is 0.193 e. The quantitative estimate of drug-likeness (QED) is 0.655. The number of halogens is 1. The third kappa shape index (κ3) is 3.74. The molecule has 0 saturated carbocycles. The van der Waals surface area contributed by atoms with Gasteiger partial charge in [-0.05, 0) is 36.2 Å². The van der Waals surface area contributed by atoms with Gasteiger partial charge in [0.05, 0.1) is 18.7 Å². The molecule has 0 aliphatic carbocycles. The molecule has 24 heavy (non-hydrogen) atoms. The lowest BCUT2D eigenvalue weighted by atomic mass is 9.93. The van der Waals surface area contributed by atoms with Crippen molar-refractivity contribution in [2.75, 3.05) is 25.6 Å². The minimum atomic E-state index is 0.315. The number of hydrogen-bond donors (Lipinski definition) is 2. The lowest BCUT2D eigenvalue weighted by Crippen LogP contribution is -2.24. The molecule has 1 atom stereocenters. The number of nitrogens with zero attached hydrogens (tertiary/aromatic N) is 1. The van der Waals surface area contributed by atoms with E-state index < -0.39 is 0 Å². The van der Waals surface area contributed by atoms with Crippen molar-refractivity contribution in [1.82, 2.24) is 0 Å². The van der Waals surface area contributed by atoms with Crippen LogP contribution in [0.15, 0.2) is 47.5 Å². The number of anilines is 1. The average molecular weight is 346 g/mol. The van der Waals surface area contributed by atoms with Crippen LogP contribution in [0.3, 0.4) is 0 Å². The van der Waals surface area contributed by atoms with E-state index in [9.17, 15) is 0 Å². The molecule has 0 spiro atoms. The zero-order chi connectivity index (χ0) is 16.9. The number of fused-ring (bicyclic) bond motifs is 1. The van der Waals surface area contributed by atoms with Crippen LogP contribution in [0.4, 0.5) is 5.69 Å². The van der Waals surface area contributed by atoms with Gasteiger partial charge in [0.1, 0.15) is 11.5 Å². The molecule has 1 aliphatic heterocycles. The van der Waals surface area contributed by atoms with E-state index in [1.165, 1.54) is 5.56 Å². The average Bonchev–Trinajstić information content (AvgIpc) is 2.60. The Morgan fingerprint density at radius 3 is 3.00 bits per heavy atom. The summed E-state index contributed by atoms with van der Waals surface area (Å²) in [6, 6.07) is 13.5. The predicted octanol–water partition coefficient (Wildman–Crippen LogP) is 3.64. The fourth-order valence-corrected chi connectivity index (χ4v) is 3.00. The molecule has 126 valence electrons. The maximum atomic E-state index is 6.11. The van der Waals surface area contributed by atoms with E-state index in [0.717, 1.165) is 17.9 Å². The van der Waals surface area contributed by atoms with Crippen molar-refractivity contribution in [1.29, 1.82) is 0 Å². The molecule has 2 aromatic rings. The van der Waals surface area contributed by atoms with Gasteiger partial charge in [0, 0.05) is 18.2 Å². The summed E-state index contributed by atoms with van der Waals surface area (Å²) in [7, 11) is 1.58. The van der Waals surface area contributed by atoms with Crippen LogP contribution in [0.5, 0.6) is 11.5 Å². The molecule has 2 aromatic carbocycles. The van der Waals surface area contributed by atoms with Gasteiger partial charge in [0.25, 0.3) is 0 Å². The van der Waals surface area contributed by atoms with E-state index in [-0.39, 0.29) is 0 Å². The molecule has 0 radical (unpaired) electrons. The molecule has 1 aliphatic rings. The SMILES string of the molecule is COc1ccc(NC(N)=NCC2CCOc3ccccc32)cc1Cl. The van der Waals surface area contributed by atoms with Crippen molar-refractivity contribution < 1.29 is 9.47 Å². The lowest BCUT2D eigenvalue weighted by molar-refractivity contribution is 0.269. The van der Waals surface area contributed by atoms with Gasteiger partial charge in [-0.2, -0.15) is 0 Å². The summed E-state index contributed by atoms with van der Waals surface area (Å²) in [6.07, 6.45) is 0.933. The Kier molecular flexibility index (Phi) is 5.11. The lowest BCUT2D eigenvalue weighted by Gasteiger charge is -2.24. The Bertz CT molecular complexity index is 749. The van der Waals surface area contributed by atoms with Gasteiger partial charge in [0.2, 0.25) is 0 Å². The van der Waals surface area contributed by atoms with Gasteiger partial charge in [-0.25, -0.2) is 0 Å². The highest BCUT2D eigenvalue weighted by Crippen LogP contribution is 2.33. The third-order valence-corrected chi connectivity index (χ3v) is 4.28. The first-order valence-electron chi connectivity index (χ1n) is 7.79. The van der Waals surface area contributed by atoms with Gasteiger partial charge in [0.15, 0.2) is 5.96 Å². The largest absolute Gasteiger partial charge is 0.495 e. The normalized spacial score (nSPS) is 16.9. The summed E-state index contributed by atoms with van der Waals surface area (Å²) in [5, 5.41) is 3.58. The number of guanidine groups is 1. The molecule has 0 saturated heterocycles. The molecule has 3 rings (SSSR count). The summed E-state index contributed by atoms with van der Waals surface area (Å²) in [5.74, 6) is 2.24. The first kappa shape index (κ1) is 16.5. The van der Waals surface area contributed by atoms with E-state index in [4.69, 9.17) is 26.8 Å². The van der Waals surface area contributed by atoms with E-state index in [1.54, 1.807) is 19.2 Å². The molecule has 3 N–H and O–H groups in total. The van der Waals surface area contributed by atoms with E-state index in [2.05, 4.69) is 16.4 Å². The van der Waals surface area contributed by atoms with Crippen molar-refractivity contribution in [3.05, 3.63) is 53.1 Å². The van der Waals surface area contributed by atoms with Crippen LogP contribution in [-0.2, 0) is 0 Å². The highest BCUT2D eigenvalue weighted by molar-refractivity contribution is 6.32. The van der Waals surface area contributed by atoms with Crippen molar-refractivity contribution in [3.63, 3.8) is 0 Å². The van der Waals surface area contributed by atoms with E-state index >= 15 is 0 Å². The monoisotopic (exact) mass is 345 g/mol. The summed E-state index contributed by atoms with van der Waals surface area (Å²) < 4.78 is 10.8. The first-order chi connectivity index (χ1) is 11.7. The van der Waals surface area contributed by atoms with Crippen LogP contribution >= 0.6 is 11.6 Å². The molecule has 6 heteroatoms. The number of para-hydroxylation sites is 1. The van der Waals surface area contributed by atoms with Gasteiger partial charge in [-0.1, -0.05) is 29.8 Å². The maximum absolute atomic E-state index is 6.11. The second-order valence-corrected chi connectivity index (χ2v) is 5.98. The molecule has 1 heterocycles. The van der Waals surface area contributed by atoms with Crippen LogP contribution in [-0.4, -0.2) is 26.2 Å². The molecular weight excluding hydrogens is 326 g/mol. The van der Waals surface area contributed by atoms with E-state index in [0.29, 0.717) is 35.8 Å². The Morgan fingerprint density at radius 1 is 1.38 bits per heavy atom. The number of methoxy groups -OCH3 is 1. The molecule has 0 amide bonds. The fourth-order valence-electron chi connectivity index (χ4n) is 2.75. The number of ether oxygens (including phenoxy) is 2. The maximum Gasteiger partial charge on any atom is 0.193 e. The second kappa shape index (κ2) is 7.45. The standard InChI is InChI=1S/C18H20ClN3O2/c1-23-17-7-6-13(10-15(17)19)22-18(20)21-11-12-8-9-24-16-5-3-2-4-14(12)16/h2-7,10,12H,8-9,11H2,1H3,(H3,20,21,22). The molecule has 1 unspecified atom stereocenters. The second-order valence-electron chi connectivity index (χ2n) is 5.57. The Morgan fingerprint density at radius 2 is 2.21 bits per heavy atom. The molecule has 0 fully saturated rings. The number of aliphatic imine (C=N–C) groups is 1. The Hall–Kier alpha value is -2.40. The fraction of sp³-hybridized carbons (Fsp3) is 0.278. The van der Waals surface area contributed by atoms with Crippen LogP contribution in [0, 0.1) is 0 Å². The highest BCUT2D eigenvalue weighted by Gasteiger charge is 2.20. The highest BCUT2D eigenvalue weighted by atomic mass is 35.5. The van der Waals surface area contributed by atoms with Gasteiger partial charge in [-0.15, -0.1) is 0 Å². The minimum absolute atomic E-state index is 0.315. The Balaban J connectivity index is 1.66. The number of hydrogen-bond acceptors (Lipinski definition) is 3. The summed E-state index contributed by atoms with van der Waals surface area (Å²) in [4.78, 5) is 4.47. The Labute approximate surface area is 146 Å². The van der Waals surface area contributed by atoms with Crippen molar-refractivity contribution in [2.24, 2.45) is 10.7 Å². The van der Waals surface area contributed by atoms with Crippen LogP contribution in [0.2, 0.25) is 5.02 Å². The topological polar surface area (TPSA) is 68.9 Å². The first-order valence-corrected chi connectivity index (χ1v) is 8.17. The summed E-state index contributed by atoms with van der Waals surface area (Å²) >= 11 is 6.11. The van der Waals surface area contributed by atoms with Crippen molar-refractivity contribution >= 4 is 23.2 Å². The van der Waals surface area contributed by atoms with Gasteiger partial charge in [-0.3, -0.25) is 4.99 Å². The molecule has 0 bridgehead atoms. The summed E-state index contributed by atoms with van der Waals surface area (Å²) in [5.41, 5.74) is 7.96. The molecule has 5 nitrogen and oxygen atoms in total. The van der Waals surface area contributed by atoms with Gasteiger partial charge >= 0.3 is 0 Å². The van der Waals surface area contributed by atoms with Crippen LogP contribution < -0.4 is 20.5 Å². The zero-order valence-electron chi connectivity index (χ0n) is 13.5. The molecule has 0 aromatic heterocycles. The number of rotatable bonds is 4. The number of nitrogens with two attached hydrogens (primary N) is 1. The van der Waals surface area contributed by atoms with Crippen molar-refractivity contribution in [2.45, 2.75) is 12.3 Å². The third-order valence-electron chi connectivity index (χ3n) is 3.99. The van der Waals surface area contributed by atoms with E-state index in [1.807, 2.05) is 24.3 Å². The minimum Gasteiger partial charge on any atom is -0.495 e. The predicted molar refractivity (Wildman–Crippen MR) is 97.4 cm³/mol. The van der Waals surface area contributed by atoms with Crippen LogP contribution in [0.1, 0.15) is 17.9 Å². The number of benzene rings is 2. The van der Waals surface area contributed by atoms with Crippen molar-refractivity contribution in [3.8, 4) is 11.5 Å². The summed E-state index contributed by atoms with van der Waals surface area (Å²) in [6.45, 7) is 1.32. The molecular formula is C18H20ClN3O2. The zero-order valence-corrected chi connectivity index (χ0v) is 14.2. The number of nitrogens with one attached hydrogen (secondary N) is 1. The van der Waals surface area contributed by atoms with Gasteiger partial charge < -0.3 is 20.5 Å².